The van der Waals surface area contributed by atoms with Gasteiger partial charge in [-0.25, -0.2) is 4.79 Å². The van der Waals surface area contributed by atoms with E-state index in [9.17, 15) is 14.4 Å². The molecule has 1 N–H and O–H groups in total. The average Bonchev–Trinajstić information content (AvgIpc) is 2.72. The van der Waals surface area contributed by atoms with Crippen LogP contribution in [-0.2, 0) is 25.5 Å². The third-order valence-electron chi connectivity index (χ3n) is 3.74. The predicted octanol–water partition coefficient (Wildman–Crippen LogP) is 3.24. The minimum atomic E-state index is -0.730. The number of halogens is 1. The molecule has 0 unspecified atom stereocenters. The van der Waals surface area contributed by atoms with E-state index in [0.717, 1.165) is 5.56 Å². The number of hydrogen-bond donors (Lipinski definition) is 1. The number of ether oxygens (including phenoxy) is 3. The number of amides is 1. The third-order valence-corrected chi connectivity index (χ3v) is 3.99. The van der Waals surface area contributed by atoms with Crippen LogP contribution in [0.2, 0.25) is 5.02 Å². The van der Waals surface area contributed by atoms with E-state index in [0.29, 0.717) is 23.6 Å². The number of benzene rings is 2. The summed E-state index contributed by atoms with van der Waals surface area (Å²) in [5.41, 5.74) is 1.03. The van der Waals surface area contributed by atoms with Gasteiger partial charge in [-0.05, 0) is 42.7 Å². The fourth-order valence-corrected chi connectivity index (χ4v) is 2.40. The van der Waals surface area contributed by atoms with Crippen LogP contribution in [0.5, 0.6) is 5.75 Å². The van der Waals surface area contributed by atoms with Gasteiger partial charge < -0.3 is 19.5 Å². The maximum absolute atomic E-state index is 11.7. The molecule has 0 fully saturated rings. The second-order valence-electron chi connectivity index (χ2n) is 6.01. The monoisotopic (exact) mass is 443 g/mol. The standard InChI is InChI=1S/C21H22ClNO6.Na.H/c22-17-9-11-18(12-10-17)29-20(25)7-4-14-23-21(26)28-15-27-19(24)13-8-16-5-2-1-3-6-16;;/h1-3,5-6,9-12H,4,7-8,13-15H2,(H,23,26);;. The van der Waals surface area contributed by atoms with Gasteiger partial charge in [-0.2, -0.15) is 0 Å². The number of hydrogen-bond acceptors (Lipinski definition) is 6. The molecule has 7 nitrogen and oxygen atoms in total. The molecule has 0 aliphatic heterocycles. The summed E-state index contributed by atoms with van der Waals surface area (Å²) in [5, 5.41) is 3.01. The second-order valence-corrected chi connectivity index (χ2v) is 6.45. The molecule has 0 heterocycles. The van der Waals surface area contributed by atoms with Crippen molar-refractivity contribution in [3.05, 3.63) is 65.2 Å². The van der Waals surface area contributed by atoms with Crippen molar-refractivity contribution in [2.24, 2.45) is 0 Å². The molecule has 0 saturated heterocycles. The van der Waals surface area contributed by atoms with Crippen molar-refractivity contribution < 1.29 is 28.6 Å². The third kappa shape index (κ3) is 11.2. The van der Waals surface area contributed by atoms with Gasteiger partial charge in [0, 0.05) is 24.4 Å². The van der Waals surface area contributed by atoms with E-state index in [-0.39, 0.29) is 48.9 Å². The summed E-state index contributed by atoms with van der Waals surface area (Å²) in [6, 6.07) is 16.0. The molecule has 9 heteroatoms. The van der Waals surface area contributed by atoms with Gasteiger partial charge in [-0.3, -0.25) is 9.59 Å². The number of nitrogens with one attached hydrogen (secondary N) is 1. The number of rotatable bonds is 10. The molecule has 2 aromatic rings. The second kappa shape index (κ2) is 14.8. The molecule has 30 heavy (non-hydrogen) atoms. The van der Waals surface area contributed by atoms with Gasteiger partial charge in [-0.1, -0.05) is 41.9 Å². The van der Waals surface area contributed by atoms with E-state index in [1.54, 1.807) is 24.3 Å². The van der Waals surface area contributed by atoms with Crippen LogP contribution in [0.1, 0.15) is 24.8 Å². The van der Waals surface area contributed by atoms with Gasteiger partial charge in [0.15, 0.2) is 0 Å². The number of aryl methyl sites for hydroxylation is 1. The Morgan fingerprint density at radius 2 is 1.57 bits per heavy atom. The number of carbonyl (C=O) groups is 3. The Morgan fingerprint density at radius 3 is 2.27 bits per heavy atom. The average molecular weight is 444 g/mol. The van der Waals surface area contributed by atoms with Crippen molar-refractivity contribution in [3.63, 3.8) is 0 Å². The first-order valence-corrected chi connectivity index (χ1v) is 9.47. The molecular formula is C21H23ClNNaO6. The van der Waals surface area contributed by atoms with Crippen molar-refractivity contribution >= 4 is 59.2 Å². The van der Waals surface area contributed by atoms with Gasteiger partial charge in [0.05, 0.1) is 0 Å². The van der Waals surface area contributed by atoms with Crippen LogP contribution in [0.4, 0.5) is 4.79 Å². The van der Waals surface area contributed by atoms with Crippen LogP contribution in [-0.4, -0.2) is 60.9 Å². The number of alkyl carbamates (subject to hydrolysis) is 1. The van der Waals surface area contributed by atoms with Crippen LogP contribution in [0, 0.1) is 0 Å². The van der Waals surface area contributed by atoms with Crippen molar-refractivity contribution in [1.29, 1.82) is 0 Å². The van der Waals surface area contributed by atoms with Crippen LogP contribution in [0.15, 0.2) is 54.6 Å². The fraction of sp³-hybridized carbons (Fsp3) is 0.286. The Balaban J connectivity index is 0.00000450. The molecule has 0 spiro atoms. The molecule has 156 valence electrons. The van der Waals surface area contributed by atoms with Crippen molar-refractivity contribution in [2.45, 2.75) is 25.7 Å². The van der Waals surface area contributed by atoms with E-state index >= 15 is 0 Å². The molecule has 0 aromatic heterocycles. The van der Waals surface area contributed by atoms with Crippen LogP contribution in [0.3, 0.4) is 0 Å². The predicted molar refractivity (Wildman–Crippen MR) is 114 cm³/mol. The molecular weight excluding hydrogens is 421 g/mol. The Hall–Kier alpha value is -2.06. The number of esters is 2. The van der Waals surface area contributed by atoms with Gasteiger partial charge in [0.1, 0.15) is 5.75 Å². The zero-order valence-electron chi connectivity index (χ0n) is 15.8. The quantitative estimate of drug-likeness (QED) is 0.199. The summed E-state index contributed by atoms with van der Waals surface area (Å²) in [4.78, 5) is 34.8. The van der Waals surface area contributed by atoms with Crippen molar-refractivity contribution in [3.8, 4) is 5.75 Å². The zero-order chi connectivity index (χ0) is 20.9. The van der Waals surface area contributed by atoms with Crippen LogP contribution < -0.4 is 10.1 Å². The van der Waals surface area contributed by atoms with Gasteiger partial charge in [-0.15, -0.1) is 0 Å². The Kier molecular flexibility index (Phi) is 12.9. The Labute approximate surface area is 202 Å². The number of carbonyl (C=O) groups excluding carboxylic acids is 3. The molecule has 0 aliphatic rings. The normalized spacial score (nSPS) is 9.77. The molecule has 0 atom stereocenters. The summed E-state index contributed by atoms with van der Waals surface area (Å²) in [7, 11) is 0. The molecule has 0 saturated carbocycles. The van der Waals surface area contributed by atoms with Gasteiger partial charge in [0.25, 0.3) is 0 Å². The van der Waals surface area contributed by atoms with Crippen molar-refractivity contribution in [1.82, 2.24) is 5.32 Å². The van der Waals surface area contributed by atoms with E-state index in [1.807, 2.05) is 30.3 Å². The molecule has 0 aliphatic carbocycles. The van der Waals surface area contributed by atoms with Gasteiger partial charge in [0.2, 0.25) is 6.79 Å². The zero-order valence-corrected chi connectivity index (χ0v) is 16.5. The first kappa shape index (κ1) is 26.0. The Bertz CT molecular complexity index is 801. The van der Waals surface area contributed by atoms with Crippen LogP contribution in [0.25, 0.3) is 0 Å². The summed E-state index contributed by atoms with van der Waals surface area (Å²) >= 11 is 5.75. The topological polar surface area (TPSA) is 90.9 Å². The first-order chi connectivity index (χ1) is 14.0. The molecule has 1 amide bonds. The van der Waals surface area contributed by atoms with E-state index < -0.39 is 24.8 Å². The van der Waals surface area contributed by atoms with E-state index in [4.69, 9.17) is 25.8 Å². The van der Waals surface area contributed by atoms with Crippen molar-refractivity contribution in [2.75, 3.05) is 13.3 Å². The molecule has 2 aromatic carbocycles. The Morgan fingerprint density at radius 1 is 0.867 bits per heavy atom. The van der Waals surface area contributed by atoms with E-state index in [2.05, 4.69) is 5.32 Å². The first-order valence-electron chi connectivity index (χ1n) is 9.09. The summed E-state index contributed by atoms with van der Waals surface area (Å²) in [5.74, 6) is -0.470. The molecule has 0 radical (unpaired) electrons. The SMILES string of the molecule is O=C(CCc1ccccc1)OCOC(=O)NCCCC(=O)Oc1ccc(Cl)cc1.[NaH]. The van der Waals surface area contributed by atoms with Gasteiger partial charge >= 0.3 is 47.6 Å². The summed E-state index contributed by atoms with van der Waals surface area (Å²) in [6.07, 6.45) is 0.519. The molecule has 2 rings (SSSR count). The minimum absolute atomic E-state index is 0. The van der Waals surface area contributed by atoms with E-state index in [1.165, 1.54) is 0 Å². The fourth-order valence-electron chi connectivity index (χ4n) is 2.27. The summed E-state index contributed by atoms with van der Waals surface area (Å²) < 4.78 is 14.7. The summed E-state index contributed by atoms with van der Waals surface area (Å²) in [6.45, 7) is -0.241. The maximum atomic E-state index is 11.7. The van der Waals surface area contributed by atoms with Crippen LogP contribution >= 0.6 is 11.6 Å². The molecule has 0 bridgehead atoms.